The third kappa shape index (κ3) is 5.54. The summed E-state index contributed by atoms with van der Waals surface area (Å²) in [6.07, 6.45) is 5.31. The lowest BCUT2D eigenvalue weighted by Gasteiger charge is -2.48. The van der Waals surface area contributed by atoms with Crippen LogP contribution in [-0.4, -0.2) is 65.6 Å². The molecular weight excluding hydrogens is 467 g/mol. The van der Waals surface area contributed by atoms with Crippen LogP contribution in [-0.2, 0) is 11.3 Å². The molecule has 9 heteroatoms. The van der Waals surface area contributed by atoms with Gasteiger partial charge in [0.15, 0.2) is 0 Å². The maximum absolute atomic E-state index is 15.1. The lowest BCUT2D eigenvalue weighted by Crippen LogP contribution is -2.66. The molecule has 2 aromatic rings. The highest BCUT2D eigenvalue weighted by atomic mass is 35.5. The van der Waals surface area contributed by atoms with Gasteiger partial charge in [0.25, 0.3) is 0 Å². The second-order valence-corrected chi connectivity index (χ2v) is 11.5. The smallest absolute Gasteiger partial charge is 0.240 e. The molecule has 0 radical (unpaired) electrons. The highest BCUT2D eigenvalue weighted by molar-refractivity contribution is 6.29. The van der Waals surface area contributed by atoms with Crippen LogP contribution in [0.2, 0.25) is 5.15 Å². The van der Waals surface area contributed by atoms with Crippen molar-refractivity contribution in [1.82, 2.24) is 20.2 Å². The van der Waals surface area contributed by atoms with Crippen molar-refractivity contribution in [3.05, 3.63) is 47.1 Å². The number of nitrogens with one attached hydrogen (secondary N) is 1. The number of halogens is 2. The van der Waals surface area contributed by atoms with E-state index >= 15 is 4.39 Å². The number of carbonyl (C=O) groups is 1. The molecular formula is C26H34ClFN6O. The fourth-order valence-corrected chi connectivity index (χ4v) is 5.66. The lowest BCUT2D eigenvalue weighted by molar-refractivity contribution is -0.123. The molecule has 0 atom stereocenters. The van der Waals surface area contributed by atoms with Gasteiger partial charge in [-0.05, 0) is 56.3 Å². The topological polar surface area (TPSA) is 64.6 Å². The molecule has 5 rings (SSSR count). The van der Waals surface area contributed by atoms with Gasteiger partial charge in [0.1, 0.15) is 23.1 Å². The number of carbonyl (C=O) groups excluding carboxylic acids is 1. The summed E-state index contributed by atoms with van der Waals surface area (Å²) < 4.78 is 15.1. The van der Waals surface area contributed by atoms with Gasteiger partial charge in [0, 0.05) is 43.5 Å². The first-order valence-corrected chi connectivity index (χ1v) is 12.9. The van der Waals surface area contributed by atoms with Crippen LogP contribution in [0.5, 0.6) is 0 Å². The predicted octanol–water partition coefficient (Wildman–Crippen LogP) is 3.87. The molecule has 1 aromatic carbocycles. The standard InChI is InChI=1S/C26H34ClFN6O/c1-25(2)5-9-32(10-6-25)15-19-3-4-20(13-21(19)28)34-16-24(35)31-26(17-34)7-11-33(12-8-26)23-14-22(27)29-18-30-23/h3-4,13-14,18H,5-12,15-17H2,1-2H3,(H,31,35). The molecule has 3 aliphatic rings. The molecule has 7 nitrogen and oxygen atoms in total. The summed E-state index contributed by atoms with van der Waals surface area (Å²) in [7, 11) is 0. The highest BCUT2D eigenvalue weighted by Crippen LogP contribution is 2.33. The Hall–Kier alpha value is -2.45. The van der Waals surface area contributed by atoms with Crippen LogP contribution in [0.3, 0.4) is 0 Å². The molecule has 0 aliphatic carbocycles. The van der Waals surface area contributed by atoms with Gasteiger partial charge in [-0.1, -0.05) is 31.5 Å². The number of likely N-dealkylation sites (tertiary alicyclic amines) is 1. The van der Waals surface area contributed by atoms with Gasteiger partial charge in [-0.25, -0.2) is 14.4 Å². The van der Waals surface area contributed by atoms with E-state index in [4.69, 9.17) is 11.6 Å². The van der Waals surface area contributed by atoms with Gasteiger partial charge in [-0.3, -0.25) is 9.69 Å². The summed E-state index contributed by atoms with van der Waals surface area (Å²) in [4.78, 5) is 27.5. The zero-order valence-electron chi connectivity index (χ0n) is 20.6. The minimum absolute atomic E-state index is 0.0183. The molecule has 0 unspecified atom stereocenters. The fraction of sp³-hybridized carbons (Fsp3) is 0.577. The van der Waals surface area contributed by atoms with E-state index in [9.17, 15) is 4.79 Å². The average molecular weight is 501 g/mol. The number of piperidine rings is 2. The maximum Gasteiger partial charge on any atom is 0.240 e. The molecule has 3 saturated heterocycles. The molecule has 1 spiro atoms. The number of rotatable bonds is 4. The summed E-state index contributed by atoms with van der Waals surface area (Å²) in [6, 6.07) is 7.23. The molecule has 1 N–H and O–H groups in total. The Bertz CT molecular complexity index is 1080. The monoisotopic (exact) mass is 500 g/mol. The van der Waals surface area contributed by atoms with E-state index in [1.54, 1.807) is 12.1 Å². The van der Waals surface area contributed by atoms with Crippen molar-refractivity contribution in [1.29, 1.82) is 0 Å². The molecule has 35 heavy (non-hydrogen) atoms. The quantitative estimate of drug-likeness (QED) is 0.643. The zero-order chi connectivity index (χ0) is 24.6. The van der Waals surface area contributed by atoms with E-state index in [1.165, 1.54) is 6.33 Å². The Morgan fingerprint density at radius 2 is 1.77 bits per heavy atom. The van der Waals surface area contributed by atoms with Crippen molar-refractivity contribution in [2.24, 2.45) is 5.41 Å². The van der Waals surface area contributed by atoms with Crippen LogP contribution < -0.4 is 15.1 Å². The second-order valence-electron chi connectivity index (χ2n) is 11.1. The van der Waals surface area contributed by atoms with Gasteiger partial charge >= 0.3 is 0 Å². The molecule has 1 aromatic heterocycles. The highest BCUT2D eigenvalue weighted by Gasteiger charge is 2.41. The molecule has 188 valence electrons. The number of aromatic nitrogens is 2. The van der Waals surface area contributed by atoms with Gasteiger partial charge in [-0.15, -0.1) is 0 Å². The van der Waals surface area contributed by atoms with Crippen LogP contribution in [0.25, 0.3) is 0 Å². The van der Waals surface area contributed by atoms with Gasteiger partial charge < -0.3 is 15.1 Å². The summed E-state index contributed by atoms with van der Waals surface area (Å²) in [5.74, 6) is 0.590. The van der Waals surface area contributed by atoms with Crippen LogP contribution in [0.4, 0.5) is 15.9 Å². The minimum Gasteiger partial charge on any atom is -0.360 e. The Labute approximate surface area is 211 Å². The maximum atomic E-state index is 15.1. The average Bonchev–Trinajstić information content (AvgIpc) is 2.81. The molecule has 0 saturated carbocycles. The predicted molar refractivity (Wildman–Crippen MR) is 136 cm³/mol. The van der Waals surface area contributed by atoms with E-state index in [0.717, 1.165) is 68.9 Å². The van der Waals surface area contributed by atoms with Crippen molar-refractivity contribution in [2.75, 3.05) is 49.1 Å². The first-order valence-electron chi connectivity index (χ1n) is 12.5. The van der Waals surface area contributed by atoms with Gasteiger partial charge in [-0.2, -0.15) is 0 Å². The summed E-state index contributed by atoms with van der Waals surface area (Å²) in [5.41, 5.74) is 1.53. The number of hydrogen-bond acceptors (Lipinski definition) is 6. The van der Waals surface area contributed by atoms with Gasteiger partial charge in [0.05, 0.1) is 12.1 Å². The SMILES string of the molecule is CC1(C)CCN(Cc2ccc(N3CC(=O)NC4(CCN(c5cc(Cl)ncn5)CC4)C3)cc2F)CC1. The summed E-state index contributed by atoms with van der Waals surface area (Å²) in [6.45, 7) is 9.65. The van der Waals surface area contributed by atoms with Crippen LogP contribution in [0, 0.1) is 11.2 Å². The van der Waals surface area contributed by atoms with Crippen molar-refractivity contribution >= 4 is 29.0 Å². The number of piperazine rings is 1. The minimum atomic E-state index is -0.335. The van der Waals surface area contributed by atoms with Crippen LogP contribution >= 0.6 is 11.6 Å². The van der Waals surface area contributed by atoms with Crippen molar-refractivity contribution in [3.63, 3.8) is 0 Å². The molecule has 1 amide bonds. The third-order valence-corrected chi connectivity index (χ3v) is 8.11. The molecule has 4 heterocycles. The van der Waals surface area contributed by atoms with E-state index in [1.807, 2.05) is 17.0 Å². The van der Waals surface area contributed by atoms with Crippen molar-refractivity contribution < 1.29 is 9.18 Å². The number of amides is 1. The normalized spacial score (nSPS) is 22.3. The van der Waals surface area contributed by atoms with E-state index < -0.39 is 0 Å². The Balaban J connectivity index is 1.24. The number of benzene rings is 1. The van der Waals surface area contributed by atoms with E-state index in [2.05, 4.69) is 38.9 Å². The van der Waals surface area contributed by atoms with Crippen LogP contribution in [0.15, 0.2) is 30.6 Å². The van der Waals surface area contributed by atoms with Crippen molar-refractivity contribution in [2.45, 2.75) is 51.6 Å². The Morgan fingerprint density at radius 3 is 2.46 bits per heavy atom. The zero-order valence-corrected chi connectivity index (χ0v) is 21.3. The summed E-state index contributed by atoms with van der Waals surface area (Å²) in [5, 5.41) is 3.65. The largest absolute Gasteiger partial charge is 0.360 e. The number of hydrogen-bond donors (Lipinski definition) is 1. The fourth-order valence-electron chi connectivity index (χ4n) is 5.51. The Morgan fingerprint density at radius 1 is 1.03 bits per heavy atom. The number of nitrogens with zero attached hydrogens (tertiary/aromatic N) is 5. The van der Waals surface area contributed by atoms with Gasteiger partial charge in [0.2, 0.25) is 5.91 Å². The van der Waals surface area contributed by atoms with E-state index in [0.29, 0.717) is 23.7 Å². The number of anilines is 2. The first-order chi connectivity index (χ1) is 16.7. The second kappa shape index (κ2) is 9.54. The molecule has 3 aliphatic heterocycles. The summed E-state index contributed by atoms with van der Waals surface area (Å²) >= 11 is 6.03. The third-order valence-electron chi connectivity index (χ3n) is 7.90. The Kier molecular flexibility index (Phi) is 6.61. The first kappa shape index (κ1) is 24.3. The van der Waals surface area contributed by atoms with Crippen LogP contribution in [0.1, 0.15) is 45.1 Å². The lowest BCUT2D eigenvalue weighted by atomic mass is 9.82. The van der Waals surface area contributed by atoms with Crippen molar-refractivity contribution in [3.8, 4) is 0 Å². The van der Waals surface area contributed by atoms with E-state index in [-0.39, 0.29) is 23.8 Å². The molecule has 0 bridgehead atoms. The molecule has 3 fully saturated rings.